The highest BCUT2D eigenvalue weighted by atomic mass is 16.5. The van der Waals surface area contributed by atoms with Gasteiger partial charge in [0.15, 0.2) is 5.82 Å². The minimum atomic E-state index is -0.223. The lowest BCUT2D eigenvalue weighted by Gasteiger charge is -2.42. The van der Waals surface area contributed by atoms with Gasteiger partial charge in [-0.1, -0.05) is 18.9 Å². The minimum absolute atomic E-state index is 0.0939. The van der Waals surface area contributed by atoms with Gasteiger partial charge in [-0.3, -0.25) is 9.36 Å². The highest BCUT2D eigenvalue weighted by Gasteiger charge is 2.39. The zero-order valence-electron chi connectivity index (χ0n) is 16.9. The van der Waals surface area contributed by atoms with Gasteiger partial charge < -0.3 is 14.5 Å². The Morgan fingerprint density at radius 2 is 2.03 bits per heavy atom. The Morgan fingerprint density at radius 1 is 1.21 bits per heavy atom. The van der Waals surface area contributed by atoms with Crippen molar-refractivity contribution in [3.8, 4) is 5.95 Å². The fraction of sp³-hybridized carbons (Fsp3) is 0.524. The maximum Gasteiger partial charge on any atom is 0.249 e. The highest BCUT2D eigenvalue weighted by Crippen LogP contribution is 2.39. The highest BCUT2D eigenvalue weighted by molar-refractivity contribution is 6.04. The average Bonchev–Trinajstić information content (AvgIpc) is 3.45. The smallest absolute Gasteiger partial charge is 0.249 e. The molecular formula is C21H26N6O2. The quantitative estimate of drug-likeness (QED) is 0.796. The van der Waals surface area contributed by atoms with Gasteiger partial charge in [-0.15, -0.1) is 0 Å². The van der Waals surface area contributed by atoms with Crippen LogP contribution in [0.3, 0.4) is 0 Å². The molecule has 5 rings (SSSR count). The number of rotatable bonds is 3. The SMILES string of the molecule is CC1C(=O)N(C)c2cnc(-n3ccnc3C3=CCOCC3)nc2N1C1CCCC1. The molecular weight excluding hydrogens is 368 g/mol. The summed E-state index contributed by atoms with van der Waals surface area (Å²) in [6.07, 6.45) is 12.9. The van der Waals surface area contributed by atoms with Gasteiger partial charge >= 0.3 is 0 Å². The third-order valence-corrected chi connectivity index (χ3v) is 6.27. The van der Waals surface area contributed by atoms with Gasteiger partial charge in [0.05, 0.1) is 19.4 Å². The number of nitrogens with zero attached hydrogens (tertiary/aromatic N) is 6. The van der Waals surface area contributed by atoms with Gasteiger partial charge in [-0.25, -0.2) is 9.97 Å². The van der Waals surface area contributed by atoms with E-state index in [1.165, 1.54) is 12.8 Å². The summed E-state index contributed by atoms with van der Waals surface area (Å²) < 4.78 is 7.37. The van der Waals surface area contributed by atoms with Crippen molar-refractivity contribution in [2.45, 2.75) is 51.1 Å². The molecule has 1 saturated carbocycles. The van der Waals surface area contributed by atoms with Gasteiger partial charge in [0.1, 0.15) is 17.6 Å². The number of carbonyl (C=O) groups excluding carboxylic acids is 1. The molecule has 4 heterocycles. The summed E-state index contributed by atoms with van der Waals surface area (Å²) in [5.41, 5.74) is 1.92. The summed E-state index contributed by atoms with van der Waals surface area (Å²) >= 11 is 0. The summed E-state index contributed by atoms with van der Waals surface area (Å²) in [6.45, 7) is 3.29. The van der Waals surface area contributed by atoms with Crippen LogP contribution >= 0.6 is 0 Å². The van der Waals surface area contributed by atoms with Crippen LogP contribution < -0.4 is 9.80 Å². The topological polar surface area (TPSA) is 76.4 Å². The number of imidazole rings is 1. The summed E-state index contributed by atoms with van der Waals surface area (Å²) in [4.78, 5) is 30.8. The fourth-order valence-electron chi connectivity index (χ4n) is 4.71. The molecule has 29 heavy (non-hydrogen) atoms. The van der Waals surface area contributed by atoms with Crippen LogP contribution in [0.25, 0.3) is 11.5 Å². The lowest BCUT2D eigenvalue weighted by molar-refractivity contribution is -0.119. The number of fused-ring (bicyclic) bond motifs is 1. The van der Waals surface area contributed by atoms with Crippen LogP contribution in [0, 0.1) is 0 Å². The van der Waals surface area contributed by atoms with Crippen molar-refractivity contribution in [2.75, 3.05) is 30.1 Å². The molecule has 1 amide bonds. The Balaban J connectivity index is 1.59. The molecule has 2 aliphatic heterocycles. The standard InChI is InChI=1S/C21H26N6O2/c1-14-20(28)25(2)17-13-23-21(24-19(17)27(14)16-5-3-4-6-16)26-10-9-22-18(26)15-7-11-29-12-8-15/h7,9-10,13-14,16H,3-6,8,11-12H2,1-2H3. The third kappa shape index (κ3) is 3.02. The zero-order valence-corrected chi connectivity index (χ0v) is 16.9. The fourth-order valence-corrected chi connectivity index (χ4v) is 4.71. The molecule has 0 spiro atoms. The number of amides is 1. The molecule has 0 radical (unpaired) electrons. The first-order chi connectivity index (χ1) is 14.1. The Labute approximate surface area is 170 Å². The van der Waals surface area contributed by atoms with E-state index in [9.17, 15) is 4.79 Å². The predicted molar refractivity (Wildman–Crippen MR) is 110 cm³/mol. The van der Waals surface area contributed by atoms with Crippen molar-refractivity contribution < 1.29 is 9.53 Å². The normalized spacial score (nSPS) is 22.8. The minimum Gasteiger partial charge on any atom is -0.377 e. The average molecular weight is 394 g/mol. The molecule has 152 valence electrons. The van der Waals surface area contributed by atoms with E-state index >= 15 is 0 Å². The van der Waals surface area contributed by atoms with Crippen LogP contribution in [0.15, 0.2) is 24.7 Å². The van der Waals surface area contributed by atoms with Crippen molar-refractivity contribution in [3.63, 3.8) is 0 Å². The van der Waals surface area contributed by atoms with Gasteiger partial charge in [-0.2, -0.15) is 4.98 Å². The Bertz CT molecular complexity index is 962. The van der Waals surface area contributed by atoms with E-state index in [0.29, 0.717) is 25.2 Å². The largest absolute Gasteiger partial charge is 0.377 e. The number of ether oxygens (including phenoxy) is 1. The summed E-state index contributed by atoms with van der Waals surface area (Å²) in [6, 6.07) is 0.128. The van der Waals surface area contributed by atoms with Crippen LogP contribution in [0.2, 0.25) is 0 Å². The van der Waals surface area contributed by atoms with E-state index in [1.807, 2.05) is 24.7 Å². The van der Waals surface area contributed by atoms with Crippen LogP contribution in [0.5, 0.6) is 0 Å². The van der Waals surface area contributed by atoms with Gasteiger partial charge in [0.25, 0.3) is 0 Å². The maximum atomic E-state index is 12.8. The number of hydrogen-bond acceptors (Lipinski definition) is 6. The molecule has 0 N–H and O–H groups in total. The summed E-state index contributed by atoms with van der Waals surface area (Å²) in [5.74, 6) is 2.38. The van der Waals surface area contributed by atoms with Crippen molar-refractivity contribution in [3.05, 3.63) is 30.5 Å². The van der Waals surface area contributed by atoms with E-state index in [1.54, 1.807) is 17.3 Å². The van der Waals surface area contributed by atoms with E-state index in [0.717, 1.165) is 42.2 Å². The molecule has 0 aromatic carbocycles. The molecule has 0 saturated heterocycles. The van der Waals surface area contributed by atoms with E-state index in [-0.39, 0.29) is 11.9 Å². The number of hydrogen-bond donors (Lipinski definition) is 0. The number of aromatic nitrogens is 4. The first-order valence-corrected chi connectivity index (χ1v) is 10.4. The monoisotopic (exact) mass is 394 g/mol. The molecule has 1 unspecified atom stereocenters. The number of likely N-dealkylation sites (N-methyl/N-ethyl adjacent to an activating group) is 1. The second kappa shape index (κ2) is 7.26. The van der Waals surface area contributed by atoms with E-state index in [4.69, 9.17) is 9.72 Å². The molecule has 1 atom stereocenters. The van der Waals surface area contributed by atoms with Crippen molar-refractivity contribution in [1.29, 1.82) is 0 Å². The summed E-state index contributed by atoms with van der Waals surface area (Å²) in [7, 11) is 1.81. The first kappa shape index (κ1) is 18.3. The zero-order chi connectivity index (χ0) is 20.0. The number of anilines is 2. The maximum absolute atomic E-state index is 12.8. The Hall–Kier alpha value is -2.74. The third-order valence-electron chi connectivity index (χ3n) is 6.27. The second-order valence-corrected chi connectivity index (χ2v) is 7.97. The predicted octanol–water partition coefficient (Wildman–Crippen LogP) is 2.58. The Morgan fingerprint density at radius 3 is 2.79 bits per heavy atom. The first-order valence-electron chi connectivity index (χ1n) is 10.4. The molecule has 2 aromatic heterocycles. The van der Waals surface area contributed by atoms with E-state index < -0.39 is 0 Å². The number of carbonyl (C=O) groups is 1. The molecule has 3 aliphatic rings. The molecule has 8 heteroatoms. The lowest BCUT2D eigenvalue weighted by Crippen LogP contribution is -2.54. The summed E-state index contributed by atoms with van der Waals surface area (Å²) in [5, 5.41) is 0. The van der Waals surface area contributed by atoms with Gasteiger partial charge in [0, 0.05) is 25.5 Å². The van der Waals surface area contributed by atoms with Crippen molar-refractivity contribution in [2.24, 2.45) is 0 Å². The van der Waals surface area contributed by atoms with Gasteiger partial charge in [-0.05, 0) is 31.8 Å². The Kier molecular flexibility index (Phi) is 4.58. The molecule has 1 aliphatic carbocycles. The van der Waals surface area contributed by atoms with Gasteiger partial charge in [0.2, 0.25) is 11.9 Å². The molecule has 2 aromatic rings. The van der Waals surface area contributed by atoms with E-state index in [2.05, 4.69) is 20.9 Å². The second-order valence-electron chi connectivity index (χ2n) is 7.97. The van der Waals surface area contributed by atoms with Crippen LogP contribution in [0.1, 0.15) is 44.9 Å². The lowest BCUT2D eigenvalue weighted by atomic mass is 10.1. The van der Waals surface area contributed by atoms with Crippen molar-refractivity contribution in [1.82, 2.24) is 19.5 Å². The van der Waals surface area contributed by atoms with Crippen LogP contribution in [-0.4, -0.2) is 57.8 Å². The molecule has 8 nitrogen and oxygen atoms in total. The molecule has 1 fully saturated rings. The van der Waals surface area contributed by atoms with Crippen LogP contribution in [0.4, 0.5) is 11.5 Å². The van der Waals surface area contributed by atoms with Crippen LogP contribution in [-0.2, 0) is 9.53 Å². The van der Waals surface area contributed by atoms with Crippen molar-refractivity contribution >= 4 is 23.0 Å². The molecule has 0 bridgehead atoms.